The topological polar surface area (TPSA) is 86.8 Å². The maximum atomic E-state index is 14.2. The van der Waals surface area contributed by atoms with Crippen molar-refractivity contribution < 1.29 is 18.0 Å². The smallest absolute Gasteiger partial charge is 0.244 e. The molecule has 1 N–H and O–H groups in total. The van der Waals surface area contributed by atoms with Gasteiger partial charge in [0, 0.05) is 19.0 Å². The fourth-order valence-corrected chi connectivity index (χ4v) is 6.57. The molecular weight excluding hydrogens is 593 g/mol. The molecule has 1 unspecified atom stereocenters. The van der Waals surface area contributed by atoms with E-state index in [9.17, 15) is 18.0 Å². The molecule has 0 aliphatic heterocycles. The molecule has 224 valence electrons. The molecule has 1 aliphatic rings. The van der Waals surface area contributed by atoms with E-state index >= 15 is 0 Å². The van der Waals surface area contributed by atoms with Gasteiger partial charge >= 0.3 is 0 Å². The van der Waals surface area contributed by atoms with Gasteiger partial charge in [0.15, 0.2) is 0 Å². The number of nitrogens with zero attached hydrogens (tertiary/aromatic N) is 2. The SMILES string of the molecule is Cc1ccc(CN(C(=O)CN(c2cccc(Cl)c2Cl)S(C)(=O)=O)C(Cc2ccccc2)C(=O)NC2CCCCC2)cc1. The first-order valence-electron chi connectivity index (χ1n) is 14.1. The molecule has 1 aliphatic carbocycles. The van der Waals surface area contributed by atoms with E-state index in [4.69, 9.17) is 23.2 Å². The quantitative estimate of drug-likeness (QED) is 0.275. The molecule has 3 aromatic carbocycles. The van der Waals surface area contributed by atoms with Crippen molar-refractivity contribution in [1.29, 1.82) is 0 Å². The summed E-state index contributed by atoms with van der Waals surface area (Å²) in [6, 6.07) is 21.0. The van der Waals surface area contributed by atoms with E-state index < -0.39 is 28.5 Å². The summed E-state index contributed by atoms with van der Waals surface area (Å²) in [4.78, 5) is 29.7. The molecule has 42 heavy (non-hydrogen) atoms. The van der Waals surface area contributed by atoms with Crippen molar-refractivity contribution in [2.24, 2.45) is 0 Å². The van der Waals surface area contributed by atoms with Gasteiger partial charge in [-0.05, 0) is 43.0 Å². The monoisotopic (exact) mass is 629 g/mol. The number of hydrogen-bond donors (Lipinski definition) is 1. The summed E-state index contributed by atoms with van der Waals surface area (Å²) in [6.07, 6.45) is 6.31. The number of anilines is 1. The van der Waals surface area contributed by atoms with E-state index in [-0.39, 0.29) is 40.6 Å². The first kappa shape index (κ1) is 31.9. The molecule has 1 saturated carbocycles. The van der Waals surface area contributed by atoms with Gasteiger partial charge in [0.05, 0.1) is 22.0 Å². The van der Waals surface area contributed by atoms with Gasteiger partial charge < -0.3 is 10.2 Å². The van der Waals surface area contributed by atoms with Crippen LogP contribution in [0.2, 0.25) is 10.0 Å². The minimum atomic E-state index is -3.95. The van der Waals surface area contributed by atoms with Crippen LogP contribution in [-0.2, 0) is 32.6 Å². The van der Waals surface area contributed by atoms with Crippen LogP contribution in [0.5, 0.6) is 0 Å². The van der Waals surface area contributed by atoms with Crippen molar-refractivity contribution in [3.8, 4) is 0 Å². The molecule has 3 aromatic rings. The maximum absolute atomic E-state index is 14.2. The Balaban J connectivity index is 1.73. The Hall–Kier alpha value is -3.07. The molecule has 1 fully saturated rings. The summed E-state index contributed by atoms with van der Waals surface area (Å²) in [7, 11) is -3.95. The average molecular weight is 631 g/mol. The van der Waals surface area contributed by atoms with Crippen LogP contribution in [0.15, 0.2) is 72.8 Å². The number of carbonyl (C=O) groups excluding carboxylic acids is 2. The van der Waals surface area contributed by atoms with Gasteiger partial charge in [-0.15, -0.1) is 0 Å². The molecule has 0 bridgehead atoms. The number of carbonyl (C=O) groups is 2. The van der Waals surface area contributed by atoms with Crippen molar-refractivity contribution in [3.05, 3.63) is 99.5 Å². The van der Waals surface area contributed by atoms with Crippen LogP contribution < -0.4 is 9.62 Å². The van der Waals surface area contributed by atoms with E-state index in [1.54, 1.807) is 12.1 Å². The molecule has 4 rings (SSSR count). The molecule has 0 heterocycles. The van der Waals surface area contributed by atoms with Gasteiger partial charge in [0.1, 0.15) is 12.6 Å². The highest BCUT2D eigenvalue weighted by Gasteiger charge is 2.34. The van der Waals surface area contributed by atoms with Gasteiger partial charge in [-0.2, -0.15) is 0 Å². The van der Waals surface area contributed by atoms with E-state index in [1.807, 2.05) is 61.5 Å². The van der Waals surface area contributed by atoms with Crippen LogP contribution >= 0.6 is 23.2 Å². The number of amides is 2. The lowest BCUT2D eigenvalue weighted by Gasteiger charge is -2.35. The largest absolute Gasteiger partial charge is 0.352 e. The zero-order chi connectivity index (χ0) is 30.3. The van der Waals surface area contributed by atoms with E-state index in [1.165, 1.54) is 11.0 Å². The first-order chi connectivity index (χ1) is 20.0. The third kappa shape index (κ3) is 8.49. The first-order valence-corrected chi connectivity index (χ1v) is 16.7. The second-order valence-electron chi connectivity index (χ2n) is 10.9. The number of sulfonamides is 1. The summed E-state index contributed by atoms with van der Waals surface area (Å²) in [5, 5.41) is 3.39. The van der Waals surface area contributed by atoms with Gasteiger partial charge in [0.25, 0.3) is 0 Å². The number of aryl methyl sites for hydroxylation is 1. The number of rotatable bonds is 11. The normalized spacial score (nSPS) is 14.7. The lowest BCUT2D eigenvalue weighted by Crippen LogP contribution is -2.55. The molecule has 0 aromatic heterocycles. The van der Waals surface area contributed by atoms with Crippen LogP contribution in [0, 0.1) is 6.92 Å². The van der Waals surface area contributed by atoms with E-state index in [2.05, 4.69) is 5.32 Å². The molecule has 1 atom stereocenters. The Bertz CT molecular complexity index is 1480. The second kappa shape index (κ2) is 14.4. The van der Waals surface area contributed by atoms with Crippen LogP contribution in [0.25, 0.3) is 0 Å². The van der Waals surface area contributed by atoms with Crippen LogP contribution in [0.1, 0.15) is 48.8 Å². The minimum Gasteiger partial charge on any atom is -0.352 e. The van der Waals surface area contributed by atoms with Crippen LogP contribution in [0.3, 0.4) is 0 Å². The Labute approximate surface area is 258 Å². The van der Waals surface area contributed by atoms with Gasteiger partial charge in [-0.1, -0.05) is 109 Å². The molecular formula is C32H37Cl2N3O4S. The van der Waals surface area contributed by atoms with Gasteiger partial charge in [-0.25, -0.2) is 8.42 Å². The highest BCUT2D eigenvalue weighted by molar-refractivity contribution is 7.92. The molecule has 7 nitrogen and oxygen atoms in total. The minimum absolute atomic E-state index is 0.0263. The van der Waals surface area contributed by atoms with Crippen LogP contribution in [-0.4, -0.2) is 50.0 Å². The average Bonchev–Trinajstić information content (AvgIpc) is 2.96. The molecule has 2 amide bonds. The molecule has 10 heteroatoms. The predicted octanol–water partition coefficient (Wildman–Crippen LogP) is 6.16. The summed E-state index contributed by atoms with van der Waals surface area (Å²) in [5.74, 6) is -0.783. The third-order valence-corrected chi connectivity index (χ3v) is 9.51. The van der Waals surface area contributed by atoms with E-state index in [0.717, 1.165) is 59.4 Å². The standard InChI is InChI=1S/C32H37Cl2N3O4S/c1-23-16-18-25(19-17-23)21-36(30(38)22-37(42(2,40)41)28-15-9-14-27(33)31(28)34)29(20-24-10-5-3-6-11-24)32(39)35-26-12-7-4-8-13-26/h3,5-6,9-11,14-19,26,29H,4,7-8,12-13,20-22H2,1-2H3,(H,35,39). The Morgan fingerprint density at radius 2 is 1.57 bits per heavy atom. The van der Waals surface area contributed by atoms with Crippen molar-refractivity contribution in [2.75, 3.05) is 17.1 Å². The maximum Gasteiger partial charge on any atom is 0.244 e. The zero-order valence-electron chi connectivity index (χ0n) is 23.9. The summed E-state index contributed by atoms with van der Waals surface area (Å²) >= 11 is 12.6. The zero-order valence-corrected chi connectivity index (χ0v) is 26.3. The Morgan fingerprint density at radius 3 is 2.21 bits per heavy atom. The van der Waals surface area contributed by atoms with E-state index in [0.29, 0.717) is 0 Å². The molecule has 0 radical (unpaired) electrons. The molecule has 0 saturated heterocycles. The predicted molar refractivity (Wildman–Crippen MR) is 169 cm³/mol. The fraction of sp³-hybridized carbons (Fsp3) is 0.375. The van der Waals surface area contributed by atoms with Crippen LogP contribution in [0.4, 0.5) is 5.69 Å². The molecule has 0 spiro atoms. The van der Waals surface area contributed by atoms with Crippen molar-refractivity contribution in [1.82, 2.24) is 10.2 Å². The van der Waals surface area contributed by atoms with Crippen molar-refractivity contribution in [2.45, 2.75) is 64.1 Å². The van der Waals surface area contributed by atoms with Crippen molar-refractivity contribution >= 4 is 50.7 Å². The number of nitrogens with one attached hydrogen (secondary N) is 1. The second-order valence-corrected chi connectivity index (χ2v) is 13.6. The Morgan fingerprint density at radius 1 is 0.905 bits per heavy atom. The number of halogens is 2. The third-order valence-electron chi connectivity index (χ3n) is 7.58. The number of hydrogen-bond acceptors (Lipinski definition) is 4. The van der Waals surface area contributed by atoms with Gasteiger partial charge in [0.2, 0.25) is 21.8 Å². The Kier molecular flexibility index (Phi) is 10.9. The van der Waals surface area contributed by atoms with Crippen molar-refractivity contribution in [3.63, 3.8) is 0 Å². The highest BCUT2D eigenvalue weighted by atomic mass is 35.5. The van der Waals surface area contributed by atoms with Gasteiger partial charge in [-0.3, -0.25) is 13.9 Å². The summed E-state index contributed by atoms with van der Waals surface area (Å²) in [5.41, 5.74) is 2.87. The lowest BCUT2D eigenvalue weighted by atomic mass is 9.94. The summed E-state index contributed by atoms with van der Waals surface area (Å²) in [6.45, 7) is 1.55. The number of benzene rings is 3. The summed E-state index contributed by atoms with van der Waals surface area (Å²) < 4.78 is 26.9. The fourth-order valence-electron chi connectivity index (χ4n) is 5.27. The lowest BCUT2D eigenvalue weighted by molar-refractivity contribution is -0.140. The highest BCUT2D eigenvalue weighted by Crippen LogP contribution is 2.34.